The largest absolute Gasteiger partial charge is 0.354 e. The number of rotatable bonds is 4. The van der Waals surface area contributed by atoms with E-state index < -0.39 is 5.95 Å². The van der Waals surface area contributed by atoms with E-state index in [0.717, 1.165) is 64.5 Å². The van der Waals surface area contributed by atoms with Crippen molar-refractivity contribution < 1.29 is 9.18 Å². The van der Waals surface area contributed by atoms with Crippen molar-refractivity contribution in [3.05, 3.63) is 54.2 Å². The maximum absolute atomic E-state index is 13.3. The maximum atomic E-state index is 13.3. The molecule has 0 aliphatic carbocycles. The molecule has 0 spiro atoms. The first-order valence-corrected chi connectivity index (χ1v) is 9.99. The Bertz CT molecular complexity index is 794. The van der Waals surface area contributed by atoms with Crippen LogP contribution < -0.4 is 4.90 Å². The highest BCUT2D eigenvalue weighted by atomic mass is 19.1. The molecular weight excluding hydrogens is 357 g/mol. The number of hydrogen-bond donors (Lipinski definition) is 0. The molecule has 0 bridgehead atoms. The van der Waals surface area contributed by atoms with Crippen molar-refractivity contribution in [2.45, 2.75) is 12.8 Å². The minimum atomic E-state index is -0.606. The average molecular weight is 383 g/mol. The molecule has 1 unspecified atom stereocenters. The van der Waals surface area contributed by atoms with Crippen LogP contribution in [0, 0.1) is 11.9 Å². The molecule has 4 rings (SSSR count). The third-order valence-electron chi connectivity index (χ3n) is 5.60. The van der Waals surface area contributed by atoms with Crippen LogP contribution in [-0.4, -0.2) is 71.5 Å². The average Bonchev–Trinajstić information content (AvgIpc) is 2.75. The van der Waals surface area contributed by atoms with Gasteiger partial charge in [-0.05, 0) is 43.0 Å². The Morgan fingerprint density at radius 3 is 2.68 bits per heavy atom. The number of carbonyl (C=O) groups is 1. The molecule has 2 aromatic heterocycles. The van der Waals surface area contributed by atoms with Gasteiger partial charge in [0.15, 0.2) is 0 Å². The van der Waals surface area contributed by atoms with Crippen molar-refractivity contribution in [3.8, 4) is 0 Å². The zero-order valence-corrected chi connectivity index (χ0v) is 16.0. The quantitative estimate of drug-likeness (QED) is 0.759. The van der Waals surface area contributed by atoms with Crippen LogP contribution >= 0.6 is 0 Å². The van der Waals surface area contributed by atoms with Gasteiger partial charge in [0.1, 0.15) is 11.5 Å². The number of anilines is 1. The molecule has 2 aliphatic rings. The van der Waals surface area contributed by atoms with E-state index >= 15 is 0 Å². The van der Waals surface area contributed by atoms with Crippen LogP contribution in [0.25, 0.3) is 0 Å². The summed E-state index contributed by atoms with van der Waals surface area (Å²) in [4.78, 5) is 27.5. The number of likely N-dealkylation sites (tertiary alicyclic amines) is 1. The summed E-state index contributed by atoms with van der Waals surface area (Å²) in [6.07, 6.45) is 3.95. The third kappa shape index (κ3) is 4.47. The van der Waals surface area contributed by atoms with Gasteiger partial charge in [0.2, 0.25) is 5.95 Å². The summed E-state index contributed by atoms with van der Waals surface area (Å²) >= 11 is 0. The number of pyridine rings is 2. The Morgan fingerprint density at radius 1 is 1.07 bits per heavy atom. The summed E-state index contributed by atoms with van der Waals surface area (Å²) in [7, 11) is 0. The summed E-state index contributed by atoms with van der Waals surface area (Å²) in [6, 6.07) is 10.4. The zero-order valence-electron chi connectivity index (χ0n) is 16.0. The molecule has 2 aromatic rings. The maximum Gasteiger partial charge on any atom is 0.272 e. The van der Waals surface area contributed by atoms with Crippen molar-refractivity contribution in [1.82, 2.24) is 19.8 Å². The summed E-state index contributed by atoms with van der Waals surface area (Å²) < 4.78 is 13.3. The van der Waals surface area contributed by atoms with Gasteiger partial charge in [-0.3, -0.25) is 9.69 Å². The predicted octanol–water partition coefficient (Wildman–Crippen LogP) is 2.29. The molecule has 7 heteroatoms. The van der Waals surface area contributed by atoms with Crippen LogP contribution in [0.4, 0.5) is 10.2 Å². The second-order valence-corrected chi connectivity index (χ2v) is 7.58. The van der Waals surface area contributed by atoms with Crippen LogP contribution in [0.2, 0.25) is 0 Å². The van der Waals surface area contributed by atoms with Crippen LogP contribution in [-0.2, 0) is 0 Å². The lowest BCUT2D eigenvalue weighted by molar-refractivity contribution is 0.0630. The van der Waals surface area contributed by atoms with E-state index in [9.17, 15) is 9.18 Å². The minimum absolute atomic E-state index is 0.163. The fraction of sp³-hybridized carbons (Fsp3) is 0.476. The second-order valence-electron chi connectivity index (χ2n) is 7.58. The molecule has 28 heavy (non-hydrogen) atoms. The highest BCUT2D eigenvalue weighted by Gasteiger charge is 2.28. The van der Waals surface area contributed by atoms with E-state index in [1.807, 2.05) is 23.2 Å². The lowest BCUT2D eigenvalue weighted by Gasteiger charge is -2.39. The Kier molecular flexibility index (Phi) is 5.81. The van der Waals surface area contributed by atoms with Gasteiger partial charge >= 0.3 is 0 Å². The van der Waals surface area contributed by atoms with Gasteiger partial charge in [0.25, 0.3) is 5.91 Å². The summed E-state index contributed by atoms with van der Waals surface area (Å²) in [6.45, 7) is 6.40. The van der Waals surface area contributed by atoms with Gasteiger partial charge in [0.05, 0.1) is 0 Å². The van der Waals surface area contributed by atoms with Gasteiger partial charge in [0, 0.05) is 52.0 Å². The van der Waals surface area contributed by atoms with Gasteiger partial charge in [-0.15, -0.1) is 0 Å². The first-order chi connectivity index (χ1) is 13.7. The normalized spacial score (nSPS) is 21.0. The molecule has 1 atom stereocenters. The molecule has 1 amide bonds. The molecule has 2 fully saturated rings. The van der Waals surface area contributed by atoms with E-state index in [1.54, 1.807) is 6.07 Å². The topological polar surface area (TPSA) is 52.6 Å². The molecule has 0 aromatic carbocycles. The summed E-state index contributed by atoms with van der Waals surface area (Å²) in [5.41, 5.74) is 0.199. The molecular formula is C21H26FN5O. The number of nitrogens with zero attached hydrogens (tertiary/aromatic N) is 5. The smallest absolute Gasteiger partial charge is 0.272 e. The minimum Gasteiger partial charge on any atom is -0.354 e. The number of amides is 1. The number of piperidine rings is 1. The van der Waals surface area contributed by atoms with E-state index in [2.05, 4.69) is 25.8 Å². The predicted molar refractivity (Wildman–Crippen MR) is 106 cm³/mol. The standard InChI is InChI=1S/C21H26FN5O/c22-19-7-3-6-18(24-19)21(28)27-10-4-5-17(16-27)15-25-11-13-26(14-12-25)20-8-1-2-9-23-20/h1-3,6-9,17H,4-5,10-16H2. The molecule has 148 valence electrons. The lowest BCUT2D eigenvalue weighted by Crippen LogP contribution is -2.50. The van der Waals surface area contributed by atoms with Gasteiger partial charge < -0.3 is 9.80 Å². The molecule has 4 heterocycles. The Morgan fingerprint density at radius 2 is 1.93 bits per heavy atom. The number of hydrogen-bond acceptors (Lipinski definition) is 5. The monoisotopic (exact) mass is 383 g/mol. The van der Waals surface area contributed by atoms with Crippen LogP contribution in [0.1, 0.15) is 23.3 Å². The second kappa shape index (κ2) is 8.65. The summed E-state index contributed by atoms with van der Waals surface area (Å²) in [5.74, 6) is 0.723. The van der Waals surface area contributed by atoms with Gasteiger partial charge in [-0.2, -0.15) is 4.39 Å². The Hall–Kier alpha value is -2.54. The number of piperazine rings is 1. The number of aromatic nitrogens is 2. The fourth-order valence-electron chi connectivity index (χ4n) is 4.15. The molecule has 0 radical (unpaired) electrons. The number of halogens is 1. The van der Waals surface area contributed by atoms with Gasteiger partial charge in [-0.1, -0.05) is 12.1 Å². The molecule has 0 saturated carbocycles. The SMILES string of the molecule is O=C(c1cccc(F)n1)N1CCCC(CN2CCN(c3ccccn3)CC2)C1. The highest BCUT2D eigenvalue weighted by Crippen LogP contribution is 2.21. The van der Waals surface area contributed by atoms with Crippen molar-refractivity contribution >= 4 is 11.7 Å². The van der Waals surface area contributed by atoms with Crippen LogP contribution in [0.5, 0.6) is 0 Å². The van der Waals surface area contributed by atoms with Crippen LogP contribution in [0.3, 0.4) is 0 Å². The van der Waals surface area contributed by atoms with E-state index in [0.29, 0.717) is 5.92 Å². The Labute approximate surface area is 165 Å². The summed E-state index contributed by atoms with van der Waals surface area (Å²) in [5, 5.41) is 0. The molecule has 0 N–H and O–H groups in total. The van der Waals surface area contributed by atoms with Crippen molar-refractivity contribution in [1.29, 1.82) is 0 Å². The van der Waals surface area contributed by atoms with E-state index in [4.69, 9.17) is 0 Å². The first-order valence-electron chi connectivity index (χ1n) is 9.99. The highest BCUT2D eigenvalue weighted by molar-refractivity contribution is 5.92. The zero-order chi connectivity index (χ0) is 19.3. The molecule has 6 nitrogen and oxygen atoms in total. The van der Waals surface area contributed by atoms with Crippen molar-refractivity contribution in [2.24, 2.45) is 5.92 Å². The molecule has 2 aliphatic heterocycles. The van der Waals surface area contributed by atoms with E-state index in [-0.39, 0.29) is 11.6 Å². The van der Waals surface area contributed by atoms with Crippen molar-refractivity contribution in [2.75, 3.05) is 50.7 Å². The van der Waals surface area contributed by atoms with Gasteiger partial charge in [-0.25, -0.2) is 9.97 Å². The first kappa shape index (κ1) is 18.8. The van der Waals surface area contributed by atoms with E-state index in [1.165, 1.54) is 12.1 Å². The Balaban J connectivity index is 1.29. The lowest BCUT2D eigenvalue weighted by atomic mass is 9.96. The van der Waals surface area contributed by atoms with Crippen molar-refractivity contribution in [3.63, 3.8) is 0 Å². The third-order valence-corrected chi connectivity index (χ3v) is 5.60. The van der Waals surface area contributed by atoms with Crippen LogP contribution in [0.15, 0.2) is 42.6 Å². The fourth-order valence-corrected chi connectivity index (χ4v) is 4.15. The molecule has 2 saturated heterocycles. The number of carbonyl (C=O) groups excluding carboxylic acids is 1.